The Kier molecular flexibility index (Phi) is 5.63. The Balaban J connectivity index is 1.44. The van der Waals surface area contributed by atoms with Crippen LogP contribution in [0.5, 0.6) is 0 Å². The highest BCUT2D eigenvalue weighted by Crippen LogP contribution is 2.20. The highest BCUT2D eigenvalue weighted by Gasteiger charge is 2.21. The van der Waals surface area contributed by atoms with Gasteiger partial charge in [0.25, 0.3) is 5.89 Å². The highest BCUT2D eigenvalue weighted by atomic mass is 35.5. The first-order chi connectivity index (χ1) is 14.5. The first-order valence-electron chi connectivity index (χ1n) is 9.35. The van der Waals surface area contributed by atoms with Crippen LogP contribution in [0.1, 0.15) is 33.2 Å². The van der Waals surface area contributed by atoms with E-state index in [-0.39, 0.29) is 12.5 Å². The smallest absolute Gasteiger partial charge is 0.342 e. The fourth-order valence-electron chi connectivity index (χ4n) is 3.13. The number of aromatic nitrogens is 4. The number of carbonyl (C=O) groups is 1. The zero-order valence-electron chi connectivity index (χ0n) is 16.5. The van der Waals surface area contributed by atoms with Gasteiger partial charge in [0.05, 0.1) is 17.9 Å². The lowest BCUT2D eigenvalue weighted by Gasteiger charge is -2.05. The summed E-state index contributed by atoms with van der Waals surface area (Å²) in [6, 6.07) is 17.0. The monoisotopic (exact) mass is 422 g/mol. The fraction of sp³-hybridized carbons (Fsp3) is 0.182. The number of halogens is 1. The molecule has 7 nitrogen and oxygen atoms in total. The van der Waals surface area contributed by atoms with Crippen LogP contribution in [0, 0.1) is 13.8 Å². The van der Waals surface area contributed by atoms with Crippen LogP contribution < -0.4 is 0 Å². The predicted octanol–water partition coefficient (Wildman–Crippen LogP) is 4.61. The third kappa shape index (κ3) is 4.26. The van der Waals surface area contributed by atoms with E-state index >= 15 is 0 Å². The van der Waals surface area contributed by atoms with E-state index in [1.807, 2.05) is 37.3 Å². The zero-order chi connectivity index (χ0) is 21.1. The van der Waals surface area contributed by atoms with Crippen molar-refractivity contribution in [3.05, 3.63) is 88.0 Å². The second-order valence-electron chi connectivity index (χ2n) is 6.78. The van der Waals surface area contributed by atoms with Crippen LogP contribution in [0.15, 0.2) is 59.1 Å². The van der Waals surface area contributed by atoms with E-state index in [0.717, 1.165) is 16.8 Å². The molecule has 0 fully saturated rings. The molecule has 8 heteroatoms. The summed E-state index contributed by atoms with van der Waals surface area (Å²) in [5.41, 5.74) is 3.66. The summed E-state index contributed by atoms with van der Waals surface area (Å²) in [4.78, 5) is 16.9. The van der Waals surface area contributed by atoms with Crippen molar-refractivity contribution in [2.75, 3.05) is 0 Å². The first kappa shape index (κ1) is 19.8. The van der Waals surface area contributed by atoms with Crippen molar-refractivity contribution in [1.29, 1.82) is 0 Å². The lowest BCUT2D eigenvalue weighted by atomic mass is 10.2. The SMILES string of the molecule is Cc1nn(Cc2ccccc2)c(C)c1C(=O)OCc1nc(-c2ccc(Cl)cc2)no1. The van der Waals surface area contributed by atoms with E-state index < -0.39 is 5.97 Å². The molecule has 4 aromatic rings. The Morgan fingerprint density at radius 2 is 1.83 bits per heavy atom. The van der Waals surface area contributed by atoms with Gasteiger partial charge in [-0.15, -0.1) is 0 Å². The van der Waals surface area contributed by atoms with E-state index in [2.05, 4.69) is 15.2 Å². The molecule has 0 aliphatic carbocycles. The fourth-order valence-corrected chi connectivity index (χ4v) is 3.26. The summed E-state index contributed by atoms with van der Waals surface area (Å²) < 4.78 is 12.4. The number of hydrogen-bond acceptors (Lipinski definition) is 6. The lowest BCUT2D eigenvalue weighted by Crippen LogP contribution is -2.09. The maximum Gasteiger partial charge on any atom is 0.342 e. The quantitative estimate of drug-likeness (QED) is 0.422. The number of rotatable bonds is 6. The molecule has 0 unspecified atom stereocenters. The third-order valence-corrected chi connectivity index (χ3v) is 4.91. The molecule has 0 N–H and O–H groups in total. The van der Waals surface area contributed by atoms with Crippen molar-refractivity contribution in [2.45, 2.75) is 27.0 Å². The molecular formula is C22H19ClN4O3. The average Bonchev–Trinajstić information content (AvgIpc) is 3.32. The predicted molar refractivity (Wildman–Crippen MR) is 111 cm³/mol. The topological polar surface area (TPSA) is 83.0 Å². The minimum Gasteiger partial charge on any atom is -0.452 e. The van der Waals surface area contributed by atoms with Crippen molar-refractivity contribution in [3.8, 4) is 11.4 Å². The normalized spacial score (nSPS) is 10.9. The molecule has 0 radical (unpaired) electrons. The Morgan fingerprint density at radius 3 is 2.57 bits per heavy atom. The summed E-state index contributed by atoms with van der Waals surface area (Å²) in [6.45, 7) is 4.10. The van der Waals surface area contributed by atoms with E-state index in [0.29, 0.717) is 28.6 Å². The van der Waals surface area contributed by atoms with Crippen LogP contribution in [0.2, 0.25) is 5.02 Å². The van der Waals surface area contributed by atoms with Gasteiger partial charge in [-0.1, -0.05) is 47.1 Å². The van der Waals surface area contributed by atoms with Gasteiger partial charge >= 0.3 is 5.97 Å². The van der Waals surface area contributed by atoms with E-state index in [9.17, 15) is 4.79 Å². The van der Waals surface area contributed by atoms with Gasteiger partial charge in [-0.25, -0.2) is 4.79 Å². The van der Waals surface area contributed by atoms with Crippen molar-refractivity contribution >= 4 is 17.6 Å². The first-order valence-corrected chi connectivity index (χ1v) is 9.72. The van der Waals surface area contributed by atoms with Crippen LogP contribution in [0.4, 0.5) is 0 Å². The van der Waals surface area contributed by atoms with E-state index in [4.69, 9.17) is 20.9 Å². The molecule has 0 aliphatic heterocycles. The van der Waals surface area contributed by atoms with Crippen molar-refractivity contribution < 1.29 is 14.1 Å². The summed E-state index contributed by atoms with van der Waals surface area (Å²) in [5, 5.41) is 9.02. The Morgan fingerprint density at radius 1 is 1.10 bits per heavy atom. The molecular weight excluding hydrogens is 404 g/mol. The molecule has 2 aromatic heterocycles. The van der Waals surface area contributed by atoms with Crippen LogP contribution in [-0.4, -0.2) is 25.9 Å². The minimum absolute atomic E-state index is 0.123. The number of aryl methyl sites for hydroxylation is 1. The molecule has 0 saturated heterocycles. The second kappa shape index (κ2) is 8.51. The summed E-state index contributed by atoms with van der Waals surface area (Å²) >= 11 is 5.89. The van der Waals surface area contributed by atoms with Crippen LogP contribution >= 0.6 is 11.6 Å². The summed E-state index contributed by atoms with van der Waals surface area (Å²) in [7, 11) is 0. The van der Waals surface area contributed by atoms with Gasteiger partial charge < -0.3 is 9.26 Å². The molecule has 0 bridgehead atoms. The molecule has 0 spiro atoms. The maximum absolute atomic E-state index is 12.7. The third-order valence-electron chi connectivity index (χ3n) is 4.66. The average molecular weight is 423 g/mol. The highest BCUT2D eigenvalue weighted by molar-refractivity contribution is 6.30. The van der Waals surface area contributed by atoms with Crippen LogP contribution in [-0.2, 0) is 17.9 Å². The van der Waals surface area contributed by atoms with Crippen LogP contribution in [0.25, 0.3) is 11.4 Å². The minimum atomic E-state index is -0.476. The molecule has 152 valence electrons. The molecule has 0 saturated carbocycles. The molecule has 2 aromatic carbocycles. The van der Waals surface area contributed by atoms with Gasteiger partial charge in [0, 0.05) is 10.6 Å². The Bertz CT molecular complexity index is 1170. The van der Waals surface area contributed by atoms with Gasteiger partial charge in [0.15, 0.2) is 6.61 Å². The number of ether oxygens (including phenoxy) is 1. The molecule has 2 heterocycles. The van der Waals surface area contributed by atoms with Gasteiger partial charge in [-0.3, -0.25) is 4.68 Å². The molecule has 4 rings (SSSR count). The van der Waals surface area contributed by atoms with Crippen LogP contribution in [0.3, 0.4) is 0 Å². The van der Waals surface area contributed by atoms with Crippen molar-refractivity contribution in [2.24, 2.45) is 0 Å². The maximum atomic E-state index is 12.7. The van der Waals surface area contributed by atoms with Gasteiger partial charge in [0.2, 0.25) is 5.82 Å². The molecule has 0 amide bonds. The summed E-state index contributed by atoms with van der Waals surface area (Å²) in [6.07, 6.45) is 0. The number of hydrogen-bond donors (Lipinski definition) is 0. The second-order valence-corrected chi connectivity index (χ2v) is 7.22. The number of carbonyl (C=O) groups excluding carboxylic acids is 1. The Labute approximate surface area is 178 Å². The lowest BCUT2D eigenvalue weighted by molar-refractivity contribution is 0.0428. The largest absolute Gasteiger partial charge is 0.452 e. The molecule has 0 atom stereocenters. The standard InChI is InChI=1S/C22H19ClN4O3/c1-14-20(15(2)27(25-14)12-16-6-4-3-5-7-16)22(28)29-13-19-24-21(26-30-19)17-8-10-18(23)11-9-17/h3-11H,12-13H2,1-2H3. The zero-order valence-corrected chi connectivity index (χ0v) is 17.3. The van der Waals surface area contributed by atoms with Crippen molar-refractivity contribution in [3.63, 3.8) is 0 Å². The Hall–Kier alpha value is -3.45. The van der Waals surface area contributed by atoms with Gasteiger partial charge in [-0.05, 0) is 43.7 Å². The van der Waals surface area contributed by atoms with Crippen molar-refractivity contribution in [1.82, 2.24) is 19.9 Å². The van der Waals surface area contributed by atoms with Gasteiger partial charge in [0.1, 0.15) is 5.56 Å². The number of nitrogens with zero attached hydrogens (tertiary/aromatic N) is 4. The van der Waals surface area contributed by atoms with E-state index in [1.54, 1.807) is 35.9 Å². The summed E-state index contributed by atoms with van der Waals surface area (Å²) in [5.74, 6) is 0.136. The number of benzene rings is 2. The van der Waals surface area contributed by atoms with Gasteiger partial charge in [-0.2, -0.15) is 10.1 Å². The molecule has 0 aliphatic rings. The van der Waals surface area contributed by atoms with E-state index in [1.165, 1.54) is 0 Å². The number of esters is 1. The molecule has 30 heavy (non-hydrogen) atoms.